The summed E-state index contributed by atoms with van der Waals surface area (Å²) in [6, 6.07) is 0. The molecule has 0 spiro atoms. The average Bonchev–Trinajstić information content (AvgIpc) is 2.65. The summed E-state index contributed by atoms with van der Waals surface area (Å²) < 4.78 is 0. The zero-order chi connectivity index (χ0) is 10.6. The van der Waals surface area contributed by atoms with E-state index in [2.05, 4.69) is 20.8 Å². The Labute approximate surface area is 91.5 Å². The fourth-order valence-electron chi connectivity index (χ4n) is 1.98. The lowest BCUT2D eigenvalue weighted by molar-refractivity contribution is 0.612. The molecule has 0 heteroatoms. The van der Waals surface area contributed by atoms with Crippen LogP contribution in [0, 0.1) is 5.92 Å². The summed E-state index contributed by atoms with van der Waals surface area (Å²) in [7, 11) is 0. The van der Waals surface area contributed by atoms with Crippen molar-refractivity contribution in [2.75, 3.05) is 0 Å². The molecule has 0 radical (unpaired) electrons. The Hall–Kier alpha value is 0. The molecule has 0 aromatic rings. The van der Waals surface area contributed by atoms with E-state index in [4.69, 9.17) is 0 Å². The van der Waals surface area contributed by atoms with Crippen molar-refractivity contribution in [2.45, 2.75) is 85.0 Å². The SMILES string of the molecule is CC1CCCC1.CCCCCCCC. The Bertz CT molecular complexity index is 84.2. The monoisotopic (exact) mass is 198 g/mol. The van der Waals surface area contributed by atoms with Crippen molar-refractivity contribution in [1.29, 1.82) is 0 Å². The van der Waals surface area contributed by atoms with Gasteiger partial charge in [0.15, 0.2) is 0 Å². The molecular formula is C14H30. The molecule has 0 amide bonds. The summed E-state index contributed by atoms with van der Waals surface area (Å²) in [4.78, 5) is 0. The van der Waals surface area contributed by atoms with E-state index >= 15 is 0 Å². The molecule has 0 aliphatic heterocycles. The Morgan fingerprint density at radius 1 is 0.786 bits per heavy atom. The van der Waals surface area contributed by atoms with Crippen LogP contribution < -0.4 is 0 Å². The number of hydrogen-bond acceptors (Lipinski definition) is 0. The molecule has 0 atom stereocenters. The van der Waals surface area contributed by atoms with Crippen molar-refractivity contribution in [1.82, 2.24) is 0 Å². The van der Waals surface area contributed by atoms with Crippen molar-refractivity contribution in [3.8, 4) is 0 Å². The van der Waals surface area contributed by atoms with Crippen LogP contribution in [0.1, 0.15) is 85.0 Å². The van der Waals surface area contributed by atoms with Crippen molar-refractivity contribution >= 4 is 0 Å². The van der Waals surface area contributed by atoms with Crippen molar-refractivity contribution in [3.05, 3.63) is 0 Å². The minimum Gasteiger partial charge on any atom is -0.0654 e. The van der Waals surface area contributed by atoms with Crippen LogP contribution in [0.25, 0.3) is 0 Å². The Kier molecular flexibility index (Phi) is 11.1. The molecule has 0 unspecified atom stereocenters. The van der Waals surface area contributed by atoms with Gasteiger partial charge >= 0.3 is 0 Å². The second-order valence-corrected chi connectivity index (χ2v) is 4.80. The molecule has 0 aromatic heterocycles. The van der Waals surface area contributed by atoms with E-state index in [0.29, 0.717) is 0 Å². The van der Waals surface area contributed by atoms with Gasteiger partial charge < -0.3 is 0 Å². The van der Waals surface area contributed by atoms with Gasteiger partial charge in [-0.15, -0.1) is 0 Å². The summed E-state index contributed by atoms with van der Waals surface area (Å²) in [6.07, 6.45) is 14.4. The second-order valence-electron chi connectivity index (χ2n) is 4.80. The topological polar surface area (TPSA) is 0 Å². The highest BCUT2D eigenvalue weighted by Gasteiger charge is 2.07. The largest absolute Gasteiger partial charge is 0.0654 e. The molecule has 0 heterocycles. The third kappa shape index (κ3) is 10.1. The maximum absolute atomic E-state index is 2.34. The fraction of sp³-hybridized carbons (Fsp3) is 1.00. The lowest BCUT2D eigenvalue weighted by atomic mass is 10.1. The van der Waals surface area contributed by atoms with Crippen molar-refractivity contribution < 1.29 is 0 Å². The van der Waals surface area contributed by atoms with E-state index in [9.17, 15) is 0 Å². The van der Waals surface area contributed by atoms with E-state index in [1.165, 1.54) is 64.2 Å². The van der Waals surface area contributed by atoms with Crippen LogP contribution in [0.3, 0.4) is 0 Å². The first kappa shape index (κ1) is 14.0. The molecule has 0 aromatic carbocycles. The van der Waals surface area contributed by atoms with E-state index < -0.39 is 0 Å². The third-order valence-corrected chi connectivity index (χ3v) is 3.10. The number of unbranched alkanes of at least 4 members (excludes halogenated alkanes) is 5. The van der Waals surface area contributed by atoms with Gasteiger partial charge in [-0.2, -0.15) is 0 Å². The van der Waals surface area contributed by atoms with Crippen LogP contribution in [-0.4, -0.2) is 0 Å². The van der Waals surface area contributed by atoms with Crippen LogP contribution >= 0.6 is 0 Å². The molecule has 0 nitrogen and oxygen atoms in total. The first-order valence-electron chi connectivity index (χ1n) is 6.81. The minimum atomic E-state index is 1.05. The maximum Gasteiger partial charge on any atom is -0.0443 e. The van der Waals surface area contributed by atoms with Crippen LogP contribution in [0.2, 0.25) is 0 Å². The molecule has 1 fully saturated rings. The van der Waals surface area contributed by atoms with Gasteiger partial charge in [-0.25, -0.2) is 0 Å². The summed E-state index contributed by atoms with van der Waals surface area (Å²) in [5.41, 5.74) is 0. The average molecular weight is 198 g/mol. The molecule has 1 saturated carbocycles. The number of rotatable bonds is 5. The predicted molar refractivity (Wildman–Crippen MR) is 66.7 cm³/mol. The van der Waals surface area contributed by atoms with Crippen molar-refractivity contribution in [3.63, 3.8) is 0 Å². The first-order valence-corrected chi connectivity index (χ1v) is 6.81. The fourth-order valence-corrected chi connectivity index (χ4v) is 1.98. The van der Waals surface area contributed by atoms with Gasteiger partial charge in [0.05, 0.1) is 0 Å². The molecular weight excluding hydrogens is 168 g/mol. The zero-order valence-corrected chi connectivity index (χ0v) is 10.6. The predicted octanol–water partition coefficient (Wildman–Crippen LogP) is 5.56. The smallest absolute Gasteiger partial charge is 0.0443 e. The highest BCUT2D eigenvalue weighted by molar-refractivity contribution is 4.60. The lowest BCUT2D eigenvalue weighted by Crippen LogP contribution is -1.78. The van der Waals surface area contributed by atoms with E-state index in [-0.39, 0.29) is 0 Å². The minimum absolute atomic E-state index is 1.05. The molecule has 0 saturated heterocycles. The summed E-state index contributed by atoms with van der Waals surface area (Å²) in [5.74, 6) is 1.05. The molecule has 0 N–H and O–H groups in total. The van der Waals surface area contributed by atoms with Crippen LogP contribution in [0.5, 0.6) is 0 Å². The van der Waals surface area contributed by atoms with Gasteiger partial charge in [-0.05, 0) is 5.92 Å². The van der Waals surface area contributed by atoms with Gasteiger partial charge in [0.25, 0.3) is 0 Å². The molecule has 0 bridgehead atoms. The molecule has 1 aliphatic carbocycles. The Balaban J connectivity index is 0.000000249. The third-order valence-electron chi connectivity index (χ3n) is 3.10. The molecule has 86 valence electrons. The quantitative estimate of drug-likeness (QED) is 0.507. The standard InChI is InChI=1S/C8H18.C6H12/c1-3-5-7-8-6-4-2;1-6-4-2-3-5-6/h3-8H2,1-2H3;6H,2-5H2,1H3. The summed E-state index contributed by atoms with van der Waals surface area (Å²) in [6.45, 7) is 6.85. The molecule has 14 heavy (non-hydrogen) atoms. The normalized spacial score (nSPS) is 16.5. The lowest BCUT2D eigenvalue weighted by Gasteiger charge is -1.93. The highest BCUT2D eigenvalue weighted by atomic mass is 14.1. The van der Waals surface area contributed by atoms with Crippen LogP contribution in [0.4, 0.5) is 0 Å². The number of hydrogen-bond donors (Lipinski definition) is 0. The van der Waals surface area contributed by atoms with Gasteiger partial charge in [0.2, 0.25) is 0 Å². The van der Waals surface area contributed by atoms with E-state index in [1.54, 1.807) is 0 Å². The maximum atomic E-state index is 2.34. The van der Waals surface area contributed by atoms with Crippen LogP contribution in [-0.2, 0) is 0 Å². The van der Waals surface area contributed by atoms with E-state index in [0.717, 1.165) is 5.92 Å². The summed E-state index contributed by atoms with van der Waals surface area (Å²) >= 11 is 0. The second kappa shape index (κ2) is 11.1. The van der Waals surface area contributed by atoms with E-state index in [1.807, 2.05) is 0 Å². The van der Waals surface area contributed by atoms with Gasteiger partial charge in [-0.1, -0.05) is 85.0 Å². The van der Waals surface area contributed by atoms with Gasteiger partial charge in [0.1, 0.15) is 0 Å². The van der Waals surface area contributed by atoms with Crippen molar-refractivity contribution in [2.24, 2.45) is 5.92 Å². The van der Waals surface area contributed by atoms with Gasteiger partial charge in [-0.3, -0.25) is 0 Å². The zero-order valence-electron chi connectivity index (χ0n) is 10.6. The highest BCUT2D eigenvalue weighted by Crippen LogP contribution is 2.22. The molecule has 1 rings (SSSR count). The first-order chi connectivity index (χ1) is 6.81. The Morgan fingerprint density at radius 2 is 1.21 bits per heavy atom. The van der Waals surface area contributed by atoms with Gasteiger partial charge in [0, 0.05) is 0 Å². The Morgan fingerprint density at radius 3 is 1.43 bits per heavy atom. The van der Waals surface area contributed by atoms with Crippen LogP contribution in [0.15, 0.2) is 0 Å². The molecule has 1 aliphatic rings. The summed E-state index contributed by atoms with van der Waals surface area (Å²) in [5, 5.41) is 0.